The Bertz CT molecular complexity index is 324. The van der Waals surface area contributed by atoms with Crippen LogP contribution in [0.5, 0.6) is 0 Å². The van der Waals surface area contributed by atoms with Crippen molar-refractivity contribution < 1.29 is 9.59 Å². The molecule has 1 aliphatic heterocycles. The fraction of sp³-hybridized carbons (Fsp3) is 0.867. The van der Waals surface area contributed by atoms with E-state index in [-0.39, 0.29) is 5.91 Å². The van der Waals surface area contributed by atoms with Crippen molar-refractivity contribution in [3.63, 3.8) is 0 Å². The van der Waals surface area contributed by atoms with Gasteiger partial charge in [0.05, 0.1) is 0 Å². The van der Waals surface area contributed by atoms with Crippen LogP contribution in [0.4, 0.5) is 0 Å². The minimum atomic E-state index is 0.213. The van der Waals surface area contributed by atoms with Crippen LogP contribution in [-0.2, 0) is 9.59 Å². The lowest BCUT2D eigenvalue weighted by Gasteiger charge is -2.23. The molecule has 2 aliphatic rings. The fourth-order valence-electron chi connectivity index (χ4n) is 3.23. The quantitative estimate of drug-likeness (QED) is 0.784. The second-order valence-corrected chi connectivity index (χ2v) is 5.82. The Morgan fingerprint density at radius 1 is 0.895 bits per heavy atom. The number of carbonyl (C=O) groups is 2. The summed E-state index contributed by atoms with van der Waals surface area (Å²) in [6.07, 6.45) is 7.23. The van der Waals surface area contributed by atoms with Gasteiger partial charge in [-0.2, -0.15) is 0 Å². The van der Waals surface area contributed by atoms with Gasteiger partial charge in [0.2, 0.25) is 11.8 Å². The van der Waals surface area contributed by atoms with Gasteiger partial charge in [-0.1, -0.05) is 19.8 Å². The first-order valence-corrected chi connectivity index (χ1v) is 7.76. The van der Waals surface area contributed by atoms with Crippen molar-refractivity contribution in [1.82, 2.24) is 9.80 Å². The molecule has 0 aromatic heterocycles. The molecular formula is C15H26N2O2. The van der Waals surface area contributed by atoms with E-state index < -0.39 is 0 Å². The van der Waals surface area contributed by atoms with Crippen LogP contribution < -0.4 is 0 Å². The van der Waals surface area contributed by atoms with Crippen LogP contribution in [0.3, 0.4) is 0 Å². The van der Waals surface area contributed by atoms with Crippen LogP contribution >= 0.6 is 0 Å². The third kappa shape index (κ3) is 3.95. The van der Waals surface area contributed by atoms with Crippen LogP contribution in [-0.4, -0.2) is 47.8 Å². The SMILES string of the molecule is CCC(=O)N1CCCN(C(=O)CC2CCCC2)CC1. The molecule has 0 radical (unpaired) electrons. The molecule has 0 bridgehead atoms. The predicted molar refractivity (Wildman–Crippen MR) is 74.6 cm³/mol. The van der Waals surface area contributed by atoms with Gasteiger partial charge in [-0.15, -0.1) is 0 Å². The van der Waals surface area contributed by atoms with E-state index in [1.54, 1.807) is 0 Å². The van der Waals surface area contributed by atoms with E-state index in [1.165, 1.54) is 25.7 Å². The lowest BCUT2D eigenvalue weighted by Crippen LogP contribution is -2.37. The summed E-state index contributed by atoms with van der Waals surface area (Å²) in [5.74, 6) is 1.13. The van der Waals surface area contributed by atoms with Gasteiger partial charge in [0.15, 0.2) is 0 Å². The van der Waals surface area contributed by atoms with E-state index in [1.807, 2.05) is 16.7 Å². The zero-order valence-electron chi connectivity index (χ0n) is 12.1. The lowest BCUT2D eigenvalue weighted by molar-refractivity contribution is -0.134. The van der Waals surface area contributed by atoms with Crippen molar-refractivity contribution in [2.75, 3.05) is 26.2 Å². The molecule has 0 N–H and O–H groups in total. The van der Waals surface area contributed by atoms with Gasteiger partial charge in [-0.05, 0) is 25.2 Å². The van der Waals surface area contributed by atoms with Crippen molar-refractivity contribution in [1.29, 1.82) is 0 Å². The first-order valence-electron chi connectivity index (χ1n) is 7.76. The summed E-state index contributed by atoms with van der Waals surface area (Å²) in [6, 6.07) is 0. The van der Waals surface area contributed by atoms with E-state index in [0.29, 0.717) is 24.8 Å². The van der Waals surface area contributed by atoms with Gasteiger partial charge in [0.1, 0.15) is 0 Å². The molecule has 4 nitrogen and oxygen atoms in total. The highest BCUT2D eigenvalue weighted by Gasteiger charge is 2.24. The lowest BCUT2D eigenvalue weighted by atomic mass is 10.0. The maximum atomic E-state index is 12.3. The first-order chi connectivity index (χ1) is 9.20. The van der Waals surface area contributed by atoms with E-state index >= 15 is 0 Å². The Balaban J connectivity index is 1.81. The minimum absolute atomic E-state index is 0.213. The standard InChI is InChI=1S/C15H26N2O2/c1-2-14(18)16-8-5-9-17(11-10-16)15(19)12-13-6-3-4-7-13/h13H,2-12H2,1H3. The number of rotatable bonds is 3. The normalized spacial score (nSPS) is 21.5. The second-order valence-electron chi connectivity index (χ2n) is 5.82. The van der Waals surface area contributed by atoms with E-state index in [4.69, 9.17) is 0 Å². The molecule has 1 aliphatic carbocycles. The molecule has 0 spiro atoms. The zero-order chi connectivity index (χ0) is 13.7. The van der Waals surface area contributed by atoms with Crippen LogP contribution in [0.1, 0.15) is 51.9 Å². The van der Waals surface area contributed by atoms with Crippen molar-refractivity contribution in [3.05, 3.63) is 0 Å². The molecular weight excluding hydrogens is 240 g/mol. The van der Waals surface area contributed by atoms with Gasteiger partial charge >= 0.3 is 0 Å². The fourth-order valence-corrected chi connectivity index (χ4v) is 3.23. The summed E-state index contributed by atoms with van der Waals surface area (Å²) in [6.45, 7) is 4.95. The van der Waals surface area contributed by atoms with E-state index in [2.05, 4.69) is 0 Å². The molecule has 0 aromatic rings. The predicted octanol–water partition coefficient (Wildman–Crippen LogP) is 2.04. The van der Waals surface area contributed by atoms with Gasteiger partial charge in [0.25, 0.3) is 0 Å². The van der Waals surface area contributed by atoms with Crippen LogP contribution in [0, 0.1) is 5.92 Å². The topological polar surface area (TPSA) is 40.6 Å². The molecule has 1 saturated carbocycles. The van der Waals surface area contributed by atoms with Crippen LogP contribution in [0.15, 0.2) is 0 Å². The van der Waals surface area contributed by atoms with Gasteiger partial charge in [0, 0.05) is 39.0 Å². The molecule has 19 heavy (non-hydrogen) atoms. The number of carbonyl (C=O) groups excluding carboxylic acids is 2. The average Bonchev–Trinajstić information content (AvgIpc) is 2.79. The number of hydrogen-bond donors (Lipinski definition) is 0. The third-order valence-corrected chi connectivity index (χ3v) is 4.44. The van der Waals surface area contributed by atoms with Crippen molar-refractivity contribution >= 4 is 11.8 Å². The highest BCUT2D eigenvalue weighted by molar-refractivity contribution is 5.77. The Kier molecular flexibility index (Phi) is 5.23. The number of nitrogens with zero attached hydrogens (tertiary/aromatic N) is 2. The summed E-state index contributed by atoms with van der Waals surface area (Å²) in [7, 11) is 0. The molecule has 2 amide bonds. The number of amides is 2. The zero-order valence-corrected chi connectivity index (χ0v) is 12.1. The molecule has 1 heterocycles. The van der Waals surface area contributed by atoms with Gasteiger partial charge in [-0.3, -0.25) is 9.59 Å². The Morgan fingerprint density at radius 3 is 2.05 bits per heavy atom. The van der Waals surface area contributed by atoms with Crippen LogP contribution in [0.2, 0.25) is 0 Å². The average molecular weight is 266 g/mol. The maximum absolute atomic E-state index is 12.3. The first kappa shape index (κ1) is 14.4. The van der Waals surface area contributed by atoms with Gasteiger partial charge in [-0.25, -0.2) is 0 Å². The summed E-state index contributed by atoms with van der Waals surface area (Å²) in [5, 5.41) is 0. The van der Waals surface area contributed by atoms with Crippen molar-refractivity contribution in [3.8, 4) is 0 Å². The molecule has 4 heteroatoms. The largest absolute Gasteiger partial charge is 0.341 e. The number of hydrogen-bond acceptors (Lipinski definition) is 2. The molecule has 1 saturated heterocycles. The molecule has 0 aromatic carbocycles. The Hall–Kier alpha value is -1.06. The maximum Gasteiger partial charge on any atom is 0.222 e. The van der Waals surface area contributed by atoms with Gasteiger partial charge < -0.3 is 9.80 Å². The summed E-state index contributed by atoms with van der Waals surface area (Å²) < 4.78 is 0. The van der Waals surface area contributed by atoms with Crippen molar-refractivity contribution in [2.45, 2.75) is 51.9 Å². The smallest absolute Gasteiger partial charge is 0.222 e. The van der Waals surface area contributed by atoms with Crippen molar-refractivity contribution in [2.24, 2.45) is 5.92 Å². The highest BCUT2D eigenvalue weighted by atomic mass is 16.2. The second kappa shape index (κ2) is 6.92. The minimum Gasteiger partial charge on any atom is -0.341 e. The molecule has 0 unspecified atom stereocenters. The molecule has 108 valence electrons. The summed E-state index contributed by atoms with van der Waals surface area (Å²) in [5.41, 5.74) is 0. The van der Waals surface area contributed by atoms with E-state index in [9.17, 15) is 9.59 Å². The monoisotopic (exact) mass is 266 g/mol. The highest BCUT2D eigenvalue weighted by Crippen LogP contribution is 2.28. The molecule has 2 rings (SSSR count). The Morgan fingerprint density at radius 2 is 1.47 bits per heavy atom. The summed E-state index contributed by atoms with van der Waals surface area (Å²) >= 11 is 0. The Labute approximate surface area is 116 Å². The summed E-state index contributed by atoms with van der Waals surface area (Å²) in [4.78, 5) is 27.9. The molecule has 2 fully saturated rings. The van der Waals surface area contributed by atoms with Crippen LogP contribution in [0.25, 0.3) is 0 Å². The van der Waals surface area contributed by atoms with E-state index in [0.717, 1.165) is 32.5 Å². The molecule has 0 atom stereocenters. The third-order valence-electron chi connectivity index (χ3n) is 4.44.